The van der Waals surface area contributed by atoms with Gasteiger partial charge in [-0.15, -0.1) is 0 Å². The number of benzene rings is 1. The van der Waals surface area contributed by atoms with Crippen molar-refractivity contribution < 1.29 is 13.9 Å². The lowest BCUT2D eigenvalue weighted by atomic mass is 10.0. The van der Waals surface area contributed by atoms with E-state index in [1.54, 1.807) is 0 Å². The van der Waals surface area contributed by atoms with Crippen LogP contribution in [0.2, 0.25) is 0 Å². The molecule has 2 aromatic rings. The Kier molecular flexibility index (Phi) is 4.58. The van der Waals surface area contributed by atoms with Gasteiger partial charge in [0.2, 0.25) is 0 Å². The van der Waals surface area contributed by atoms with E-state index in [0.29, 0.717) is 24.5 Å². The summed E-state index contributed by atoms with van der Waals surface area (Å²) in [6.07, 6.45) is 1.13. The molecule has 3 rings (SSSR count). The number of furan rings is 1. The lowest BCUT2D eigenvalue weighted by Gasteiger charge is -2.18. The molecule has 1 saturated heterocycles. The monoisotopic (exact) mass is 287 g/mol. The lowest BCUT2D eigenvalue weighted by Crippen LogP contribution is -2.33. The van der Waals surface area contributed by atoms with Crippen molar-refractivity contribution in [1.29, 1.82) is 0 Å². The zero-order valence-corrected chi connectivity index (χ0v) is 12.2. The van der Waals surface area contributed by atoms with E-state index < -0.39 is 0 Å². The van der Waals surface area contributed by atoms with E-state index in [4.69, 9.17) is 13.9 Å². The molecule has 0 saturated carbocycles. The van der Waals surface area contributed by atoms with Crippen LogP contribution in [0.15, 0.2) is 46.9 Å². The van der Waals surface area contributed by atoms with Crippen LogP contribution in [0.4, 0.5) is 0 Å². The van der Waals surface area contributed by atoms with Crippen molar-refractivity contribution in [3.05, 3.63) is 48.2 Å². The first kappa shape index (κ1) is 14.2. The number of ether oxygens (including phenoxy) is 2. The third kappa shape index (κ3) is 3.86. The number of nitrogens with one attached hydrogen (secondary N) is 1. The van der Waals surface area contributed by atoms with Crippen LogP contribution < -0.4 is 10.1 Å². The van der Waals surface area contributed by atoms with Gasteiger partial charge in [0, 0.05) is 18.7 Å². The highest BCUT2D eigenvalue weighted by atomic mass is 16.6. The Hall–Kier alpha value is -1.78. The maximum absolute atomic E-state index is 5.68. The molecule has 2 unspecified atom stereocenters. The zero-order valence-electron chi connectivity index (χ0n) is 12.2. The van der Waals surface area contributed by atoms with E-state index >= 15 is 0 Å². The van der Waals surface area contributed by atoms with Gasteiger partial charge >= 0.3 is 0 Å². The standard InChI is InChI=1S/C17H21NO3/c1-13(14-9-10-19-12-14)18-11-16-7-8-17(21-16)20-15-5-3-2-4-6-15/h2-8,13-14,18H,9-12H2,1H3. The maximum Gasteiger partial charge on any atom is 0.290 e. The molecule has 2 heterocycles. The second-order valence-corrected chi connectivity index (χ2v) is 5.43. The van der Waals surface area contributed by atoms with E-state index in [0.717, 1.165) is 31.1 Å². The van der Waals surface area contributed by atoms with Crippen molar-refractivity contribution in [3.63, 3.8) is 0 Å². The first-order valence-corrected chi connectivity index (χ1v) is 7.44. The fourth-order valence-electron chi connectivity index (χ4n) is 2.49. The molecule has 1 aliphatic heterocycles. The zero-order chi connectivity index (χ0) is 14.5. The third-order valence-electron chi connectivity index (χ3n) is 3.87. The minimum absolute atomic E-state index is 0.427. The SMILES string of the molecule is CC(NCc1ccc(Oc2ccccc2)o1)C1CCOC1. The third-order valence-corrected chi connectivity index (χ3v) is 3.87. The smallest absolute Gasteiger partial charge is 0.290 e. The molecule has 0 spiro atoms. The number of rotatable bonds is 6. The summed E-state index contributed by atoms with van der Waals surface area (Å²) in [5.41, 5.74) is 0. The molecule has 1 aromatic carbocycles. The summed E-state index contributed by atoms with van der Waals surface area (Å²) < 4.78 is 16.8. The molecule has 1 aromatic heterocycles. The Morgan fingerprint density at radius 1 is 1.24 bits per heavy atom. The van der Waals surface area contributed by atoms with Gasteiger partial charge in [-0.2, -0.15) is 0 Å². The highest BCUT2D eigenvalue weighted by molar-refractivity contribution is 5.26. The van der Waals surface area contributed by atoms with Gasteiger partial charge < -0.3 is 19.2 Å². The Morgan fingerprint density at radius 2 is 2.10 bits per heavy atom. The van der Waals surface area contributed by atoms with Crippen molar-refractivity contribution in [2.24, 2.45) is 5.92 Å². The first-order valence-electron chi connectivity index (χ1n) is 7.44. The molecular weight excluding hydrogens is 266 g/mol. The van der Waals surface area contributed by atoms with Gasteiger partial charge in [0.1, 0.15) is 11.5 Å². The second-order valence-electron chi connectivity index (χ2n) is 5.43. The number of hydrogen-bond acceptors (Lipinski definition) is 4. The second kappa shape index (κ2) is 6.78. The van der Waals surface area contributed by atoms with E-state index in [-0.39, 0.29) is 0 Å². The Labute approximate surface area is 125 Å². The molecule has 4 heteroatoms. The van der Waals surface area contributed by atoms with Crippen molar-refractivity contribution in [2.45, 2.75) is 25.9 Å². The molecule has 0 amide bonds. The van der Waals surface area contributed by atoms with Crippen LogP contribution in [0.3, 0.4) is 0 Å². The molecular formula is C17H21NO3. The summed E-state index contributed by atoms with van der Waals surface area (Å²) in [5.74, 6) is 2.78. The summed E-state index contributed by atoms with van der Waals surface area (Å²) in [7, 11) is 0. The van der Waals surface area contributed by atoms with Gasteiger partial charge in [-0.05, 0) is 37.5 Å². The summed E-state index contributed by atoms with van der Waals surface area (Å²) >= 11 is 0. The largest absolute Gasteiger partial charge is 0.429 e. The van der Waals surface area contributed by atoms with E-state index in [1.807, 2.05) is 42.5 Å². The van der Waals surface area contributed by atoms with E-state index in [1.165, 1.54) is 0 Å². The lowest BCUT2D eigenvalue weighted by molar-refractivity contribution is 0.177. The van der Waals surface area contributed by atoms with Gasteiger partial charge in [0.25, 0.3) is 5.95 Å². The molecule has 112 valence electrons. The van der Waals surface area contributed by atoms with E-state index in [9.17, 15) is 0 Å². The van der Waals surface area contributed by atoms with Crippen LogP contribution >= 0.6 is 0 Å². The topological polar surface area (TPSA) is 43.6 Å². The summed E-state index contributed by atoms with van der Waals surface area (Å²) in [5, 5.41) is 3.49. The van der Waals surface area contributed by atoms with Gasteiger partial charge in [0.15, 0.2) is 0 Å². The molecule has 1 fully saturated rings. The Morgan fingerprint density at radius 3 is 2.86 bits per heavy atom. The predicted octanol–water partition coefficient (Wildman–Crippen LogP) is 3.59. The number of hydrogen-bond donors (Lipinski definition) is 1. The van der Waals surface area contributed by atoms with Gasteiger partial charge in [-0.3, -0.25) is 0 Å². The highest BCUT2D eigenvalue weighted by Crippen LogP contribution is 2.23. The van der Waals surface area contributed by atoms with Crippen molar-refractivity contribution in [1.82, 2.24) is 5.32 Å². The van der Waals surface area contributed by atoms with Crippen LogP contribution in [0.1, 0.15) is 19.1 Å². The fourth-order valence-corrected chi connectivity index (χ4v) is 2.49. The average molecular weight is 287 g/mol. The number of para-hydroxylation sites is 1. The van der Waals surface area contributed by atoms with Crippen LogP contribution in [-0.4, -0.2) is 19.3 Å². The summed E-state index contributed by atoms with van der Waals surface area (Å²) in [6, 6.07) is 13.9. The molecule has 1 aliphatic rings. The maximum atomic E-state index is 5.68. The van der Waals surface area contributed by atoms with Crippen molar-refractivity contribution in [3.8, 4) is 11.7 Å². The minimum Gasteiger partial charge on any atom is -0.429 e. The highest BCUT2D eigenvalue weighted by Gasteiger charge is 2.21. The predicted molar refractivity (Wildman–Crippen MR) is 80.5 cm³/mol. The quantitative estimate of drug-likeness (QED) is 0.882. The van der Waals surface area contributed by atoms with Gasteiger partial charge in [-0.25, -0.2) is 0 Å². The Bertz CT molecular complexity index is 546. The summed E-state index contributed by atoms with van der Waals surface area (Å²) in [6.45, 7) is 4.64. The molecule has 4 nitrogen and oxygen atoms in total. The van der Waals surface area contributed by atoms with Crippen LogP contribution in [-0.2, 0) is 11.3 Å². The van der Waals surface area contributed by atoms with Crippen molar-refractivity contribution in [2.75, 3.05) is 13.2 Å². The molecule has 0 aliphatic carbocycles. The fraction of sp³-hybridized carbons (Fsp3) is 0.412. The Balaban J connectivity index is 1.50. The molecule has 2 atom stereocenters. The van der Waals surface area contributed by atoms with Crippen LogP contribution in [0, 0.1) is 5.92 Å². The van der Waals surface area contributed by atoms with Crippen molar-refractivity contribution >= 4 is 0 Å². The molecule has 0 bridgehead atoms. The molecule has 0 radical (unpaired) electrons. The van der Waals surface area contributed by atoms with Crippen LogP contribution in [0.5, 0.6) is 11.7 Å². The van der Waals surface area contributed by atoms with Gasteiger partial charge in [-0.1, -0.05) is 18.2 Å². The van der Waals surface area contributed by atoms with E-state index in [2.05, 4.69) is 12.2 Å². The minimum atomic E-state index is 0.427. The molecule has 1 N–H and O–H groups in total. The van der Waals surface area contributed by atoms with Gasteiger partial charge in [0.05, 0.1) is 13.2 Å². The first-order chi connectivity index (χ1) is 10.3. The normalized spacial score (nSPS) is 19.6. The van der Waals surface area contributed by atoms with Crippen LogP contribution in [0.25, 0.3) is 0 Å². The molecule has 21 heavy (non-hydrogen) atoms. The average Bonchev–Trinajstić information content (AvgIpc) is 3.17. The summed E-state index contributed by atoms with van der Waals surface area (Å²) in [4.78, 5) is 0.